The number of benzene rings is 1. The van der Waals surface area contributed by atoms with Crippen LogP contribution in [0.15, 0.2) is 53.1 Å². The number of amides is 2. The van der Waals surface area contributed by atoms with Crippen LogP contribution in [0.3, 0.4) is 0 Å². The first-order valence-corrected chi connectivity index (χ1v) is 9.19. The fourth-order valence-corrected chi connectivity index (χ4v) is 3.29. The Morgan fingerprint density at radius 2 is 2.00 bits per heavy atom. The number of pyridine rings is 1. The van der Waals surface area contributed by atoms with Crippen molar-refractivity contribution in [1.82, 2.24) is 14.8 Å². The van der Waals surface area contributed by atoms with E-state index in [2.05, 4.69) is 26.2 Å². The van der Waals surface area contributed by atoms with Crippen molar-refractivity contribution in [1.29, 1.82) is 0 Å². The number of hydrogen-bond acceptors (Lipinski definition) is 4. The van der Waals surface area contributed by atoms with Crippen molar-refractivity contribution in [3.8, 4) is 0 Å². The van der Waals surface area contributed by atoms with Crippen molar-refractivity contribution in [2.45, 2.75) is 19.0 Å². The first-order chi connectivity index (χ1) is 12.5. The highest BCUT2D eigenvalue weighted by atomic mass is 79.9. The molecule has 26 heavy (non-hydrogen) atoms. The summed E-state index contributed by atoms with van der Waals surface area (Å²) >= 11 is 8.73. The molecule has 0 spiro atoms. The Hall–Kier alpha value is -2.32. The number of aromatic nitrogens is 1. The molecule has 1 fully saturated rings. The molecule has 1 aliphatic heterocycles. The smallest absolute Gasteiger partial charge is 0.251 e. The first-order valence-electron chi connectivity index (χ1n) is 7.99. The van der Waals surface area contributed by atoms with Crippen LogP contribution in [0.1, 0.15) is 12.1 Å². The summed E-state index contributed by atoms with van der Waals surface area (Å²) < 4.78 is 0.926. The van der Waals surface area contributed by atoms with E-state index in [0.29, 0.717) is 17.3 Å². The monoisotopic (exact) mass is 432 g/mol. The van der Waals surface area contributed by atoms with Gasteiger partial charge >= 0.3 is 0 Å². The van der Waals surface area contributed by atoms with Gasteiger partial charge in [-0.2, -0.15) is 0 Å². The summed E-state index contributed by atoms with van der Waals surface area (Å²) in [5.41, 5.74) is 1.46. The van der Waals surface area contributed by atoms with Crippen molar-refractivity contribution >= 4 is 50.8 Å². The van der Waals surface area contributed by atoms with E-state index in [1.54, 1.807) is 30.3 Å². The molecule has 2 heterocycles. The molecule has 134 valence electrons. The molecule has 2 aromatic rings. The Bertz CT molecular complexity index is 829. The summed E-state index contributed by atoms with van der Waals surface area (Å²) in [6.07, 6.45) is 1.71. The average Bonchev–Trinajstić information content (AvgIpc) is 2.83. The van der Waals surface area contributed by atoms with Gasteiger partial charge in [0.15, 0.2) is 5.11 Å². The number of anilines is 1. The van der Waals surface area contributed by atoms with E-state index in [1.165, 1.54) is 4.90 Å². The minimum atomic E-state index is -0.634. The van der Waals surface area contributed by atoms with Gasteiger partial charge in [0, 0.05) is 23.4 Å². The van der Waals surface area contributed by atoms with Crippen molar-refractivity contribution in [2.24, 2.45) is 0 Å². The van der Waals surface area contributed by atoms with Crippen LogP contribution in [0.4, 0.5) is 5.69 Å². The van der Waals surface area contributed by atoms with E-state index >= 15 is 0 Å². The van der Waals surface area contributed by atoms with E-state index in [1.807, 2.05) is 30.3 Å². The van der Waals surface area contributed by atoms with Gasteiger partial charge in [-0.1, -0.05) is 22.0 Å². The summed E-state index contributed by atoms with van der Waals surface area (Å²) in [6.45, 7) is 0.381. The van der Waals surface area contributed by atoms with Crippen LogP contribution in [0.5, 0.6) is 0 Å². The molecule has 2 amide bonds. The molecule has 1 unspecified atom stereocenters. The summed E-state index contributed by atoms with van der Waals surface area (Å²) in [5.74, 6) is -0.424. The zero-order valence-corrected chi connectivity index (χ0v) is 16.5. The fourth-order valence-electron chi connectivity index (χ4n) is 2.74. The zero-order valence-electron chi connectivity index (χ0n) is 14.1. The third kappa shape index (κ3) is 4.08. The maximum Gasteiger partial charge on any atom is 0.251 e. The van der Waals surface area contributed by atoms with Crippen LogP contribution in [-0.2, 0) is 16.1 Å². The summed E-state index contributed by atoms with van der Waals surface area (Å²) in [7, 11) is 1.63. The quantitative estimate of drug-likeness (QED) is 0.735. The lowest BCUT2D eigenvalue weighted by Gasteiger charge is -2.23. The van der Waals surface area contributed by atoms with Gasteiger partial charge in [-0.3, -0.25) is 19.5 Å². The maximum absolute atomic E-state index is 12.5. The molecular formula is C18H17BrN4O2S. The third-order valence-electron chi connectivity index (χ3n) is 4.09. The molecule has 3 rings (SSSR count). The van der Waals surface area contributed by atoms with Crippen LogP contribution >= 0.6 is 28.1 Å². The summed E-state index contributed by atoms with van der Waals surface area (Å²) in [6, 6.07) is 12.2. The number of carbonyl (C=O) groups excluding carboxylic acids is 2. The highest BCUT2D eigenvalue weighted by molar-refractivity contribution is 9.10. The molecule has 1 aliphatic rings. The molecule has 0 saturated carbocycles. The lowest BCUT2D eigenvalue weighted by Crippen LogP contribution is -2.37. The van der Waals surface area contributed by atoms with E-state index < -0.39 is 6.04 Å². The highest BCUT2D eigenvalue weighted by Gasteiger charge is 2.41. The Balaban J connectivity index is 1.72. The maximum atomic E-state index is 12.5. The lowest BCUT2D eigenvalue weighted by molar-refractivity contribution is -0.130. The largest absolute Gasteiger partial charge is 0.330 e. The van der Waals surface area contributed by atoms with E-state index in [9.17, 15) is 9.59 Å². The molecule has 8 heteroatoms. The Morgan fingerprint density at radius 1 is 1.27 bits per heavy atom. The molecule has 6 nitrogen and oxygen atoms in total. The number of rotatable bonds is 5. The molecule has 0 radical (unpaired) electrons. The normalized spacial score (nSPS) is 16.9. The first kappa shape index (κ1) is 18.5. The molecular weight excluding hydrogens is 416 g/mol. The summed E-state index contributed by atoms with van der Waals surface area (Å²) in [5, 5.41) is 3.22. The van der Waals surface area contributed by atoms with Gasteiger partial charge in [0.2, 0.25) is 5.91 Å². The second-order valence-electron chi connectivity index (χ2n) is 5.90. The van der Waals surface area contributed by atoms with Gasteiger partial charge < -0.3 is 10.2 Å². The SMILES string of the molecule is CN1C(=O)C(CC(=O)Nc2ccc(Br)cc2)N(Cc2ccccn2)C1=S. The Labute approximate surface area is 165 Å². The molecule has 1 atom stereocenters. The van der Waals surface area contributed by atoms with Crippen LogP contribution in [0.2, 0.25) is 0 Å². The predicted octanol–water partition coefficient (Wildman–Crippen LogP) is 2.80. The zero-order chi connectivity index (χ0) is 18.7. The highest BCUT2D eigenvalue weighted by Crippen LogP contribution is 2.22. The Morgan fingerprint density at radius 3 is 2.65 bits per heavy atom. The number of nitrogens with zero attached hydrogens (tertiary/aromatic N) is 3. The molecule has 0 bridgehead atoms. The Kier molecular flexibility index (Phi) is 5.63. The minimum absolute atomic E-state index is 0.0201. The number of thiocarbonyl (C=S) groups is 1. The molecule has 1 aromatic heterocycles. The number of hydrogen-bond donors (Lipinski definition) is 1. The standard InChI is InChI=1S/C18H17BrN4O2S/c1-22-17(25)15(10-16(24)21-13-7-5-12(19)6-8-13)23(18(22)26)11-14-4-2-3-9-20-14/h2-9,15H,10-11H2,1H3,(H,21,24). The minimum Gasteiger partial charge on any atom is -0.330 e. The van der Waals surface area contributed by atoms with Crippen LogP contribution < -0.4 is 5.32 Å². The molecule has 1 saturated heterocycles. The van der Waals surface area contributed by atoms with Gasteiger partial charge in [-0.05, 0) is 48.6 Å². The van der Waals surface area contributed by atoms with Gasteiger partial charge in [-0.25, -0.2) is 0 Å². The topological polar surface area (TPSA) is 65.5 Å². The lowest BCUT2D eigenvalue weighted by atomic mass is 10.1. The second kappa shape index (κ2) is 7.92. The molecule has 1 N–H and O–H groups in total. The molecule has 0 aliphatic carbocycles. The van der Waals surface area contributed by atoms with Crippen molar-refractivity contribution in [2.75, 3.05) is 12.4 Å². The van der Waals surface area contributed by atoms with E-state index in [4.69, 9.17) is 12.2 Å². The number of likely N-dealkylation sites (N-methyl/N-ethyl adjacent to an activating group) is 1. The number of nitrogens with one attached hydrogen (secondary N) is 1. The van der Waals surface area contributed by atoms with Gasteiger partial charge in [-0.15, -0.1) is 0 Å². The van der Waals surface area contributed by atoms with Crippen molar-refractivity contribution in [3.63, 3.8) is 0 Å². The van der Waals surface area contributed by atoms with Crippen molar-refractivity contribution in [3.05, 3.63) is 58.8 Å². The number of halogens is 1. The predicted molar refractivity (Wildman–Crippen MR) is 106 cm³/mol. The van der Waals surface area contributed by atoms with Crippen molar-refractivity contribution < 1.29 is 9.59 Å². The summed E-state index contributed by atoms with van der Waals surface area (Å²) in [4.78, 5) is 32.4. The van der Waals surface area contributed by atoms with Crippen LogP contribution in [-0.4, -0.2) is 44.8 Å². The molecule has 1 aromatic carbocycles. The van der Waals surface area contributed by atoms with Gasteiger partial charge in [0.05, 0.1) is 18.7 Å². The van der Waals surface area contributed by atoms with Gasteiger partial charge in [0.1, 0.15) is 6.04 Å². The van der Waals surface area contributed by atoms with Crippen LogP contribution in [0.25, 0.3) is 0 Å². The second-order valence-corrected chi connectivity index (χ2v) is 7.18. The van der Waals surface area contributed by atoms with Gasteiger partial charge in [0.25, 0.3) is 5.91 Å². The van der Waals surface area contributed by atoms with Crippen LogP contribution in [0, 0.1) is 0 Å². The fraction of sp³-hybridized carbons (Fsp3) is 0.222. The van der Waals surface area contributed by atoms with E-state index in [0.717, 1.165) is 10.2 Å². The third-order valence-corrected chi connectivity index (χ3v) is 5.13. The average molecular weight is 433 g/mol. The van der Waals surface area contributed by atoms with E-state index in [-0.39, 0.29) is 18.2 Å². The number of carbonyl (C=O) groups is 2.